The van der Waals surface area contributed by atoms with Crippen LogP contribution in [0.1, 0.15) is 35.9 Å². The first kappa shape index (κ1) is 21.3. The van der Waals surface area contributed by atoms with Gasteiger partial charge in [0, 0.05) is 12.5 Å². The highest BCUT2D eigenvalue weighted by molar-refractivity contribution is 7.18. The molecule has 158 valence electrons. The molecular formula is C27H28N2OS. The Bertz CT molecular complexity index is 1150. The minimum atomic E-state index is 0.117. The van der Waals surface area contributed by atoms with E-state index in [1.807, 2.05) is 13.0 Å². The van der Waals surface area contributed by atoms with Crippen molar-refractivity contribution in [3.8, 4) is 11.1 Å². The molecule has 3 nitrogen and oxygen atoms in total. The molecule has 0 radical (unpaired) electrons. The first-order valence-corrected chi connectivity index (χ1v) is 11.7. The molecule has 4 aromatic rings. The number of amides is 1. The minimum Gasteiger partial charge on any atom is -0.353 e. The van der Waals surface area contributed by atoms with Crippen LogP contribution in [0.15, 0.2) is 72.8 Å². The van der Waals surface area contributed by atoms with Crippen LogP contribution in [0.3, 0.4) is 0 Å². The molecule has 0 aliphatic rings. The van der Waals surface area contributed by atoms with Gasteiger partial charge in [0.1, 0.15) is 0 Å². The molecule has 0 saturated heterocycles. The van der Waals surface area contributed by atoms with Crippen LogP contribution in [0.2, 0.25) is 0 Å². The average molecular weight is 429 g/mol. The van der Waals surface area contributed by atoms with E-state index in [1.54, 1.807) is 11.3 Å². The van der Waals surface area contributed by atoms with Gasteiger partial charge in [-0.05, 0) is 67.5 Å². The highest BCUT2D eigenvalue weighted by atomic mass is 32.1. The monoisotopic (exact) mass is 428 g/mol. The first-order chi connectivity index (χ1) is 15.1. The Labute approximate surface area is 188 Å². The number of hydrogen-bond donors (Lipinski definition) is 1. The number of nitrogens with zero attached hydrogens (tertiary/aromatic N) is 1. The van der Waals surface area contributed by atoms with Gasteiger partial charge < -0.3 is 5.32 Å². The van der Waals surface area contributed by atoms with Crippen molar-refractivity contribution in [2.75, 3.05) is 0 Å². The Hall–Kier alpha value is -2.98. The van der Waals surface area contributed by atoms with Gasteiger partial charge in [-0.1, -0.05) is 60.7 Å². The quantitative estimate of drug-likeness (QED) is 0.356. The van der Waals surface area contributed by atoms with Crippen LogP contribution in [0.4, 0.5) is 0 Å². The van der Waals surface area contributed by atoms with Crippen LogP contribution in [0.5, 0.6) is 0 Å². The van der Waals surface area contributed by atoms with Crippen molar-refractivity contribution in [1.82, 2.24) is 10.3 Å². The third kappa shape index (κ3) is 5.80. The fourth-order valence-corrected chi connectivity index (χ4v) is 4.80. The van der Waals surface area contributed by atoms with Gasteiger partial charge in [0.25, 0.3) is 0 Å². The Morgan fingerprint density at radius 3 is 2.45 bits per heavy atom. The zero-order valence-corrected chi connectivity index (χ0v) is 18.9. The fraction of sp³-hybridized carbons (Fsp3) is 0.259. The zero-order valence-electron chi connectivity index (χ0n) is 18.1. The van der Waals surface area contributed by atoms with E-state index >= 15 is 0 Å². The number of nitrogens with one attached hydrogen (secondary N) is 1. The summed E-state index contributed by atoms with van der Waals surface area (Å²) in [5.41, 5.74) is 6.01. The molecule has 4 heteroatoms. The maximum Gasteiger partial charge on any atom is 0.220 e. The topological polar surface area (TPSA) is 42.0 Å². The summed E-state index contributed by atoms with van der Waals surface area (Å²) in [7, 11) is 0. The summed E-state index contributed by atoms with van der Waals surface area (Å²) in [5, 5.41) is 4.24. The number of hydrogen-bond acceptors (Lipinski definition) is 3. The summed E-state index contributed by atoms with van der Waals surface area (Å²) >= 11 is 1.72. The minimum absolute atomic E-state index is 0.117. The predicted molar refractivity (Wildman–Crippen MR) is 130 cm³/mol. The van der Waals surface area contributed by atoms with Crippen LogP contribution in [-0.4, -0.2) is 16.9 Å². The van der Waals surface area contributed by atoms with Crippen LogP contribution in [0.25, 0.3) is 21.3 Å². The zero-order chi connectivity index (χ0) is 21.6. The molecule has 1 heterocycles. The summed E-state index contributed by atoms with van der Waals surface area (Å²) in [6.07, 6.45) is 3.16. The molecule has 31 heavy (non-hydrogen) atoms. The van der Waals surface area contributed by atoms with Gasteiger partial charge >= 0.3 is 0 Å². The Balaban J connectivity index is 1.22. The van der Waals surface area contributed by atoms with Crippen LogP contribution in [0, 0.1) is 6.92 Å². The molecule has 1 N–H and O–H groups in total. The first-order valence-electron chi connectivity index (χ1n) is 10.9. The Morgan fingerprint density at radius 2 is 1.68 bits per heavy atom. The lowest BCUT2D eigenvalue weighted by molar-refractivity contribution is -0.121. The van der Waals surface area contributed by atoms with Crippen molar-refractivity contribution >= 4 is 27.5 Å². The Kier molecular flexibility index (Phi) is 6.78. The maximum absolute atomic E-state index is 12.4. The molecule has 1 aromatic heterocycles. The second-order valence-corrected chi connectivity index (χ2v) is 9.36. The standard InChI is InChI=1S/C27H28N2OS/c1-19(17-22-11-14-24(15-12-22)23-8-4-3-5-9-23)28-27(30)10-6-7-21-13-16-25-26(18-21)31-20(2)29-25/h3-5,8-9,11-16,18-19H,6-7,10,17H2,1-2H3,(H,28,30). The third-order valence-electron chi connectivity index (χ3n) is 5.44. The number of fused-ring (bicyclic) bond motifs is 1. The van der Waals surface area contributed by atoms with Gasteiger partial charge in [-0.15, -0.1) is 11.3 Å². The predicted octanol–water partition coefficient (Wildman–Crippen LogP) is 6.34. The van der Waals surface area contributed by atoms with E-state index in [9.17, 15) is 4.79 Å². The SMILES string of the molecule is Cc1nc2ccc(CCCC(=O)NC(C)Cc3ccc(-c4ccccc4)cc3)cc2s1. The van der Waals surface area contributed by atoms with Crippen LogP contribution < -0.4 is 5.32 Å². The highest BCUT2D eigenvalue weighted by Gasteiger charge is 2.09. The number of aromatic nitrogens is 1. The summed E-state index contributed by atoms with van der Waals surface area (Å²) in [5.74, 6) is 0.128. The molecular weight excluding hydrogens is 400 g/mol. The molecule has 0 spiro atoms. The third-order valence-corrected chi connectivity index (χ3v) is 6.37. The molecule has 1 amide bonds. The molecule has 3 aromatic carbocycles. The van der Waals surface area contributed by atoms with E-state index in [4.69, 9.17) is 0 Å². The average Bonchev–Trinajstić information content (AvgIpc) is 3.14. The molecule has 0 aliphatic heterocycles. The number of rotatable bonds is 8. The van der Waals surface area contributed by atoms with Crippen molar-refractivity contribution in [3.05, 3.63) is 88.9 Å². The van der Waals surface area contributed by atoms with Gasteiger partial charge in [-0.25, -0.2) is 4.98 Å². The van der Waals surface area contributed by atoms with Crippen LogP contribution in [-0.2, 0) is 17.6 Å². The molecule has 4 rings (SSSR count). The number of thiazole rings is 1. The highest BCUT2D eigenvalue weighted by Crippen LogP contribution is 2.23. The summed E-state index contributed by atoms with van der Waals surface area (Å²) in [4.78, 5) is 16.9. The van der Waals surface area contributed by atoms with Crippen molar-refractivity contribution in [1.29, 1.82) is 0 Å². The number of carbonyl (C=O) groups excluding carboxylic acids is 1. The summed E-state index contributed by atoms with van der Waals surface area (Å²) in [6.45, 7) is 4.11. The van der Waals surface area contributed by atoms with E-state index in [1.165, 1.54) is 27.0 Å². The normalized spacial score (nSPS) is 12.1. The fourth-order valence-electron chi connectivity index (χ4n) is 3.91. The van der Waals surface area contributed by atoms with Gasteiger partial charge in [-0.2, -0.15) is 0 Å². The van der Waals surface area contributed by atoms with Crippen molar-refractivity contribution in [3.63, 3.8) is 0 Å². The van der Waals surface area contributed by atoms with E-state index in [0.29, 0.717) is 6.42 Å². The molecule has 1 atom stereocenters. The van der Waals surface area contributed by atoms with E-state index in [-0.39, 0.29) is 11.9 Å². The van der Waals surface area contributed by atoms with Crippen molar-refractivity contribution in [2.24, 2.45) is 0 Å². The lowest BCUT2D eigenvalue weighted by atomic mass is 10.0. The number of carbonyl (C=O) groups is 1. The number of aryl methyl sites for hydroxylation is 2. The van der Waals surface area contributed by atoms with Crippen molar-refractivity contribution < 1.29 is 4.79 Å². The van der Waals surface area contributed by atoms with Gasteiger partial charge in [-0.3, -0.25) is 4.79 Å². The summed E-state index contributed by atoms with van der Waals surface area (Å²) < 4.78 is 1.23. The van der Waals surface area contributed by atoms with Gasteiger partial charge in [0.2, 0.25) is 5.91 Å². The van der Waals surface area contributed by atoms with Crippen molar-refractivity contribution in [2.45, 2.75) is 45.6 Å². The van der Waals surface area contributed by atoms with E-state index < -0.39 is 0 Å². The smallest absolute Gasteiger partial charge is 0.220 e. The molecule has 0 aliphatic carbocycles. The Morgan fingerprint density at radius 1 is 0.968 bits per heavy atom. The van der Waals surface area contributed by atoms with Crippen LogP contribution >= 0.6 is 11.3 Å². The lowest BCUT2D eigenvalue weighted by Crippen LogP contribution is -2.33. The number of benzene rings is 3. The second kappa shape index (κ2) is 9.88. The lowest BCUT2D eigenvalue weighted by Gasteiger charge is -2.14. The van der Waals surface area contributed by atoms with E-state index in [0.717, 1.165) is 29.8 Å². The van der Waals surface area contributed by atoms with Gasteiger partial charge in [0.15, 0.2) is 0 Å². The molecule has 0 saturated carbocycles. The molecule has 1 unspecified atom stereocenters. The maximum atomic E-state index is 12.4. The van der Waals surface area contributed by atoms with Gasteiger partial charge in [0.05, 0.1) is 15.2 Å². The molecule has 0 bridgehead atoms. The summed E-state index contributed by atoms with van der Waals surface area (Å²) in [6, 6.07) is 25.5. The molecule has 0 fully saturated rings. The second-order valence-electron chi connectivity index (χ2n) is 8.12. The van der Waals surface area contributed by atoms with E-state index in [2.05, 4.69) is 84.0 Å². The largest absolute Gasteiger partial charge is 0.353 e.